The Balaban J connectivity index is 1.66. The molecule has 0 aromatic rings. The van der Waals surface area contributed by atoms with E-state index in [1.54, 1.807) is 0 Å². The second kappa shape index (κ2) is 6.88. The molecule has 0 bridgehead atoms. The van der Waals surface area contributed by atoms with Gasteiger partial charge in [-0.05, 0) is 24.7 Å². The molecule has 106 valence electrons. The van der Waals surface area contributed by atoms with Crippen LogP contribution < -0.4 is 5.73 Å². The summed E-state index contributed by atoms with van der Waals surface area (Å²) in [5.74, 6) is 1.59. The van der Waals surface area contributed by atoms with E-state index in [2.05, 4.69) is 23.6 Å². The highest BCUT2D eigenvalue weighted by molar-refractivity contribution is 4.82. The van der Waals surface area contributed by atoms with Crippen molar-refractivity contribution in [1.29, 1.82) is 0 Å². The number of hydrogen-bond donors (Lipinski definition) is 1. The molecule has 3 nitrogen and oxygen atoms in total. The first-order chi connectivity index (χ1) is 8.65. The Morgan fingerprint density at radius 3 is 1.94 bits per heavy atom. The van der Waals surface area contributed by atoms with E-state index in [1.165, 1.54) is 58.4 Å². The van der Waals surface area contributed by atoms with Crippen LogP contribution in [0.15, 0.2) is 0 Å². The molecule has 2 rings (SSSR count). The van der Waals surface area contributed by atoms with Gasteiger partial charge in [-0.25, -0.2) is 0 Å². The molecule has 1 saturated heterocycles. The first-order valence-corrected chi connectivity index (χ1v) is 7.85. The number of nitrogens with two attached hydrogens (primary N) is 1. The molecular formula is C15H31N3. The quantitative estimate of drug-likeness (QED) is 0.810. The number of piperazine rings is 1. The van der Waals surface area contributed by atoms with E-state index in [9.17, 15) is 0 Å². The Hall–Kier alpha value is -0.120. The molecule has 1 unspecified atom stereocenters. The van der Waals surface area contributed by atoms with Crippen LogP contribution in [0.1, 0.15) is 39.5 Å². The molecule has 2 aliphatic rings. The van der Waals surface area contributed by atoms with Crippen molar-refractivity contribution in [2.45, 2.75) is 45.6 Å². The van der Waals surface area contributed by atoms with Gasteiger partial charge in [-0.3, -0.25) is 4.90 Å². The highest BCUT2D eigenvalue weighted by Gasteiger charge is 2.25. The molecule has 2 fully saturated rings. The van der Waals surface area contributed by atoms with Crippen LogP contribution in [0.2, 0.25) is 0 Å². The highest BCUT2D eigenvalue weighted by Crippen LogP contribution is 2.27. The normalized spacial score (nSPS) is 26.0. The van der Waals surface area contributed by atoms with Crippen molar-refractivity contribution in [1.82, 2.24) is 9.80 Å². The molecule has 3 heteroatoms. The minimum absolute atomic E-state index is 0.421. The number of hydrogen-bond acceptors (Lipinski definition) is 3. The average Bonchev–Trinajstić information content (AvgIpc) is 2.84. The van der Waals surface area contributed by atoms with E-state index in [-0.39, 0.29) is 0 Å². The van der Waals surface area contributed by atoms with Crippen LogP contribution in [-0.4, -0.2) is 55.1 Å². The summed E-state index contributed by atoms with van der Waals surface area (Å²) in [6, 6.07) is 0.421. The van der Waals surface area contributed by atoms with Gasteiger partial charge in [0.25, 0.3) is 0 Å². The lowest BCUT2D eigenvalue weighted by Gasteiger charge is -2.37. The van der Waals surface area contributed by atoms with Crippen LogP contribution >= 0.6 is 0 Å². The summed E-state index contributed by atoms with van der Waals surface area (Å²) in [5.41, 5.74) is 6.37. The van der Waals surface area contributed by atoms with Gasteiger partial charge in [-0.2, -0.15) is 0 Å². The third kappa shape index (κ3) is 4.22. The van der Waals surface area contributed by atoms with Crippen LogP contribution in [0.3, 0.4) is 0 Å². The van der Waals surface area contributed by atoms with E-state index >= 15 is 0 Å². The summed E-state index contributed by atoms with van der Waals surface area (Å²) in [7, 11) is 0. The summed E-state index contributed by atoms with van der Waals surface area (Å²) in [4.78, 5) is 5.18. The second-order valence-electron chi connectivity index (χ2n) is 6.70. The van der Waals surface area contributed by atoms with E-state index < -0.39 is 0 Å². The Bertz CT molecular complexity index is 228. The lowest BCUT2D eigenvalue weighted by molar-refractivity contribution is 0.111. The minimum atomic E-state index is 0.421. The zero-order valence-corrected chi connectivity index (χ0v) is 12.3. The molecule has 0 radical (unpaired) electrons. The van der Waals surface area contributed by atoms with Crippen LogP contribution in [-0.2, 0) is 0 Å². The Kier molecular flexibility index (Phi) is 5.46. The van der Waals surface area contributed by atoms with Gasteiger partial charge in [-0.15, -0.1) is 0 Å². The van der Waals surface area contributed by atoms with Crippen LogP contribution in [0.25, 0.3) is 0 Å². The maximum atomic E-state index is 6.37. The molecular weight excluding hydrogens is 222 g/mol. The molecule has 1 aliphatic carbocycles. The summed E-state index contributed by atoms with van der Waals surface area (Å²) < 4.78 is 0. The van der Waals surface area contributed by atoms with Crippen LogP contribution in [0, 0.1) is 11.8 Å². The smallest absolute Gasteiger partial charge is 0.0196 e. The largest absolute Gasteiger partial charge is 0.326 e. The molecule has 2 N–H and O–H groups in total. The Labute approximate surface area is 113 Å². The molecule has 18 heavy (non-hydrogen) atoms. The monoisotopic (exact) mass is 253 g/mol. The Morgan fingerprint density at radius 1 is 0.944 bits per heavy atom. The van der Waals surface area contributed by atoms with Gasteiger partial charge in [0.15, 0.2) is 0 Å². The predicted octanol–water partition coefficient (Wildman–Crippen LogP) is 1.78. The number of nitrogens with zero attached hydrogens (tertiary/aromatic N) is 2. The van der Waals surface area contributed by atoms with Crippen molar-refractivity contribution in [2.75, 3.05) is 39.3 Å². The van der Waals surface area contributed by atoms with Crippen LogP contribution in [0.5, 0.6) is 0 Å². The van der Waals surface area contributed by atoms with Gasteiger partial charge in [0.05, 0.1) is 0 Å². The van der Waals surface area contributed by atoms with Crippen LogP contribution in [0.4, 0.5) is 0 Å². The van der Waals surface area contributed by atoms with Crippen molar-refractivity contribution >= 4 is 0 Å². The van der Waals surface area contributed by atoms with E-state index in [4.69, 9.17) is 5.73 Å². The second-order valence-corrected chi connectivity index (χ2v) is 6.70. The van der Waals surface area contributed by atoms with E-state index in [0.717, 1.165) is 18.4 Å². The van der Waals surface area contributed by atoms with Gasteiger partial charge in [0, 0.05) is 45.3 Å². The average molecular weight is 253 g/mol. The fourth-order valence-corrected chi connectivity index (χ4v) is 3.50. The topological polar surface area (TPSA) is 32.5 Å². The Morgan fingerprint density at radius 2 is 1.44 bits per heavy atom. The molecule has 1 atom stereocenters. The highest BCUT2D eigenvalue weighted by atomic mass is 15.3. The fourth-order valence-electron chi connectivity index (χ4n) is 3.50. The maximum absolute atomic E-state index is 6.37. The predicted molar refractivity (Wildman–Crippen MR) is 77.7 cm³/mol. The molecule has 1 saturated carbocycles. The van der Waals surface area contributed by atoms with Crippen molar-refractivity contribution in [2.24, 2.45) is 17.6 Å². The van der Waals surface area contributed by atoms with Crippen molar-refractivity contribution in [3.05, 3.63) is 0 Å². The van der Waals surface area contributed by atoms with Crippen molar-refractivity contribution in [3.8, 4) is 0 Å². The van der Waals surface area contributed by atoms with Crippen molar-refractivity contribution < 1.29 is 0 Å². The minimum Gasteiger partial charge on any atom is -0.326 e. The summed E-state index contributed by atoms with van der Waals surface area (Å²) in [6.07, 6.45) is 5.55. The lowest BCUT2D eigenvalue weighted by atomic mass is 9.98. The summed E-state index contributed by atoms with van der Waals surface area (Å²) in [5, 5.41) is 0. The molecule has 0 spiro atoms. The zero-order valence-electron chi connectivity index (χ0n) is 12.3. The first-order valence-electron chi connectivity index (χ1n) is 7.85. The molecule has 0 aromatic carbocycles. The van der Waals surface area contributed by atoms with Gasteiger partial charge in [0.2, 0.25) is 0 Å². The van der Waals surface area contributed by atoms with Crippen molar-refractivity contribution in [3.63, 3.8) is 0 Å². The molecule has 0 aromatic heterocycles. The molecule has 1 aliphatic heterocycles. The third-order valence-electron chi connectivity index (χ3n) is 4.56. The molecule has 0 amide bonds. The SMILES string of the molecule is CC(C)CN1CCN(CC(N)C2CCCC2)CC1. The fraction of sp³-hybridized carbons (Fsp3) is 1.00. The number of rotatable bonds is 5. The maximum Gasteiger partial charge on any atom is 0.0196 e. The summed E-state index contributed by atoms with van der Waals surface area (Å²) >= 11 is 0. The van der Waals surface area contributed by atoms with Gasteiger partial charge in [0.1, 0.15) is 0 Å². The molecule has 1 heterocycles. The lowest BCUT2D eigenvalue weighted by Crippen LogP contribution is -2.51. The zero-order chi connectivity index (χ0) is 13.0. The van der Waals surface area contributed by atoms with E-state index in [1.807, 2.05) is 0 Å². The first kappa shape index (κ1) is 14.3. The third-order valence-corrected chi connectivity index (χ3v) is 4.56. The van der Waals surface area contributed by atoms with Gasteiger partial charge < -0.3 is 10.6 Å². The van der Waals surface area contributed by atoms with Gasteiger partial charge >= 0.3 is 0 Å². The summed E-state index contributed by atoms with van der Waals surface area (Å²) in [6.45, 7) is 11.9. The standard InChI is InChI=1S/C15H31N3/c1-13(2)11-17-7-9-18(10-8-17)12-15(16)14-5-3-4-6-14/h13-15H,3-12,16H2,1-2H3. The van der Waals surface area contributed by atoms with E-state index in [0.29, 0.717) is 6.04 Å². The van der Waals surface area contributed by atoms with Gasteiger partial charge in [-0.1, -0.05) is 26.7 Å².